The van der Waals surface area contributed by atoms with Gasteiger partial charge in [-0.2, -0.15) is 0 Å². The third-order valence-corrected chi connectivity index (χ3v) is 2.63. The van der Waals surface area contributed by atoms with Crippen molar-refractivity contribution in [2.45, 2.75) is 26.7 Å². The zero-order valence-electron chi connectivity index (χ0n) is 9.14. The van der Waals surface area contributed by atoms with Gasteiger partial charge >= 0.3 is 0 Å². The molecule has 0 aliphatic heterocycles. The molecule has 0 bridgehead atoms. The van der Waals surface area contributed by atoms with Crippen LogP contribution in [0.4, 0.5) is 0 Å². The molecule has 0 saturated carbocycles. The second-order valence-electron chi connectivity index (χ2n) is 3.46. The van der Waals surface area contributed by atoms with E-state index in [4.69, 9.17) is 5.73 Å². The van der Waals surface area contributed by atoms with Gasteiger partial charge in [-0.15, -0.1) is 0 Å². The maximum absolute atomic E-state index is 5.62. The fraction of sp³-hybridized carbons (Fsp3) is 0.385. The van der Waals surface area contributed by atoms with E-state index in [1.807, 2.05) is 0 Å². The average molecular weight is 189 g/mol. The van der Waals surface area contributed by atoms with Crippen LogP contribution >= 0.6 is 0 Å². The van der Waals surface area contributed by atoms with Gasteiger partial charge in [0.25, 0.3) is 0 Å². The van der Waals surface area contributed by atoms with E-state index in [9.17, 15) is 0 Å². The summed E-state index contributed by atoms with van der Waals surface area (Å²) in [4.78, 5) is 0. The van der Waals surface area contributed by atoms with E-state index in [1.165, 1.54) is 16.7 Å². The first kappa shape index (κ1) is 11.0. The van der Waals surface area contributed by atoms with Crippen LogP contribution in [-0.4, -0.2) is 6.54 Å². The first-order chi connectivity index (χ1) is 6.74. The Hall–Kier alpha value is -1.08. The van der Waals surface area contributed by atoms with Crippen molar-refractivity contribution in [3.63, 3.8) is 0 Å². The highest BCUT2D eigenvalue weighted by Gasteiger charge is 2.06. The van der Waals surface area contributed by atoms with Gasteiger partial charge < -0.3 is 5.73 Å². The summed E-state index contributed by atoms with van der Waals surface area (Å²) in [7, 11) is 0. The summed E-state index contributed by atoms with van der Waals surface area (Å²) >= 11 is 0. The van der Waals surface area contributed by atoms with Crippen molar-refractivity contribution in [1.82, 2.24) is 0 Å². The molecule has 0 aromatic heterocycles. The number of benzene rings is 1. The number of aryl methyl sites for hydroxylation is 1. The molecular weight excluding hydrogens is 170 g/mol. The van der Waals surface area contributed by atoms with Gasteiger partial charge in [0, 0.05) is 6.54 Å². The molecule has 0 radical (unpaired) electrons. The minimum atomic E-state index is 0.542. The first-order valence-corrected chi connectivity index (χ1v) is 5.23. The largest absolute Gasteiger partial charge is 0.326 e. The Kier molecular flexibility index (Phi) is 3.90. The summed E-state index contributed by atoms with van der Waals surface area (Å²) in [5.74, 6) is 0. The Morgan fingerprint density at radius 1 is 1.29 bits per heavy atom. The van der Waals surface area contributed by atoms with Gasteiger partial charge in [0.1, 0.15) is 0 Å². The summed E-state index contributed by atoms with van der Waals surface area (Å²) in [5.41, 5.74) is 10.7. The molecule has 0 spiro atoms. The zero-order chi connectivity index (χ0) is 10.6. The first-order valence-electron chi connectivity index (χ1n) is 5.23. The van der Waals surface area contributed by atoms with Crippen LogP contribution in [0, 0.1) is 0 Å². The van der Waals surface area contributed by atoms with Crippen molar-refractivity contribution >= 4 is 5.57 Å². The van der Waals surface area contributed by atoms with Crippen LogP contribution in [0.5, 0.6) is 0 Å². The maximum Gasteiger partial charge on any atom is 0.0178 e. The lowest BCUT2D eigenvalue weighted by Crippen LogP contribution is -2.05. The molecule has 1 nitrogen and oxygen atoms in total. The normalized spacial score (nSPS) is 10.2. The van der Waals surface area contributed by atoms with Crippen molar-refractivity contribution in [2.75, 3.05) is 6.54 Å². The molecule has 2 N–H and O–H groups in total. The van der Waals surface area contributed by atoms with Gasteiger partial charge in [-0.25, -0.2) is 0 Å². The molecule has 0 heterocycles. The highest BCUT2D eigenvalue weighted by Crippen LogP contribution is 2.21. The summed E-state index contributed by atoms with van der Waals surface area (Å²) in [5, 5.41) is 0. The SMILES string of the molecule is C=C(CN)c1cccc(CC)c1CC. The molecule has 0 aliphatic rings. The van der Waals surface area contributed by atoms with E-state index in [0.717, 1.165) is 18.4 Å². The summed E-state index contributed by atoms with van der Waals surface area (Å²) in [6.45, 7) is 8.91. The lowest BCUT2D eigenvalue weighted by molar-refractivity contribution is 1.03. The Morgan fingerprint density at radius 3 is 2.50 bits per heavy atom. The van der Waals surface area contributed by atoms with Crippen molar-refractivity contribution in [1.29, 1.82) is 0 Å². The molecule has 1 aromatic rings. The minimum Gasteiger partial charge on any atom is -0.326 e. The van der Waals surface area contributed by atoms with E-state index in [-0.39, 0.29) is 0 Å². The second kappa shape index (κ2) is 4.97. The van der Waals surface area contributed by atoms with Crippen LogP contribution in [0.15, 0.2) is 24.8 Å². The lowest BCUT2D eigenvalue weighted by atomic mass is 9.93. The van der Waals surface area contributed by atoms with Gasteiger partial charge in [0.2, 0.25) is 0 Å². The van der Waals surface area contributed by atoms with Crippen LogP contribution in [0.25, 0.3) is 5.57 Å². The molecule has 0 amide bonds. The van der Waals surface area contributed by atoms with E-state index in [2.05, 4.69) is 38.6 Å². The van der Waals surface area contributed by atoms with Crippen LogP contribution < -0.4 is 5.73 Å². The Bertz CT molecular complexity index is 326. The third kappa shape index (κ3) is 2.05. The number of nitrogens with two attached hydrogens (primary N) is 1. The van der Waals surface area contributed by atoms with E-state index < -0.39 is 0 Å². The highest BCUT2D eigenvalue weighted by molar-refractivity contribution is 5.68. The number of hydrogen-bond acceptors (Lipinski definition) is 1. The van der Waals surface area contributed by atoms with Gasteiger partial charge in [-0.3, -0.25) is 0 Å². The summed E-state index contributed by atoms with van der Waals surface area (Å²) in [6, 6.07) is 6.40. The predicted octanol–water partition coefficient (Wildman–Crippen LogP) is 2.78. The van der Waals surface area contributed by atoms with E-state index in [0.29, 0.717) is 6.54 Å². The quantitative estimate of drug-likeness (QED) is 0.774. The van der Waals surface area contributed by atoms with Crippen LogP contribution in [0.1, 0.15) is 30.5 Å². The van der Waals surface area contributed by atoms with Gasteiger partial charge in [0.15, 0.2) is 0 Å². The van der Waals surface area contributed by atoms with E-state index in [1.54, 1.807) is 0 Å². The fourth-order valence-corrected chi connectivity index (χ4v) is 1.82. The smallest absolute Gasteiger partial charge is 0.0178 e. The predicted molar refractivity (Wildman–Crippen MR) is 63.3 cm³/mol. The molecule has 0 aliphatic carbocycles. The fourth-order valence-electron chi connectivity index (χ4n) is 1.82. The Balaban J connectivity index is 3.21. The lowest BCUT2D eigenvalue weighted by Gasteiger charge is -2.13. The Labute approximate surface area is 86.6 Å². The van der Waals surface area contributed by atoms with Gasteiger partial charge in [-0.1, -0.05) is 38.6 Å². The van der Waals surface area contributed by atoms with Crippen molar-refractivity contribution in [2.24, 2.45) is 5.73 Å². The van der Waals surface area contributed by atoms with Crippen molar-refractivity contribution in [3.05, 3.63) is 41.5 Å². The zero-order valence-corrected chi connectivity index (χ0v) is 9.14. The summed E-state index contributed by atoms with van der Waals surface area (Å²) in [6.07, 6.45) is 2.13. The van der Waals surface area contributed by atoms with Gasteiger partial charge in [0.05, 0.1) is 0 Å². The summed E-state index contributed by atoms with van der Waals surface area (Å²) < 4.78 is 0. The van der Waals surface area contributed by atoms with Gasteiger partial charge in [-0.05, 0) is 35.1 Å². The highest BCUT2D eigenvalue weighted by atomic mass is 14.5. The standard InChI is InChI=1S/C13H19N/c1-4-11-7-6-8-13(10(3)9-14)12(11)5-2/h6-8H,3-5,9,14H2,1-2H3. The molecule has 0 unspecified atom stereocenters. The topological polar surface area (TPSA) is 26.0 Å². The third-order valence-electron chi connectivity index (χ3n) is 2.63. The molecule has 1 heteroatoms. The average Bonchev–Trinajstić information content (AvgIpc) is 2.26. The molecular formula is C13H19N. The number of hydrogen-bond donors (Lipinski definition) is 1. The molecule has 1 aromatic carbocycles. The molecule has 1 rings (SSSR count). The van der Waals surface area contributed by atoms with Crippen molar-refractivity contribution in [3.8, 4) is 0 Å². The monoisotopic (exact) mass is 189 g/mol. The Morgan fingerprint density at radius 2 is 2.00 bits per heavy atom. The second-order valence-corrected chi connectivity index (χ2v) is 3.46. The minimum absolute atomic E-state index is 0.542. The van der Waals surface area contributed by atoms with Crippen LogP contribution in [0.2, 0.25) is 0 Å². The molecule has 0 fully saturated rings. The maximum atomic E-state index is 5.62. The number of rotatable bonds is 4. The molecule has 76 valence electrons. The molecule has 0 saturated heterocycles. The van der Waals surface area contributed by atoms with E-state index >= 15 is 0 Å². The van der Waals surface area contributed by atoms with Crippen molar-refractivity contribution < 1.29 is 0 Å². The van der Waals surface area contributed by atoms with Crippen LogP contribution in [-0.2, 0) is 12.8 Å². The molecule has 14 heavy (non-hydrogen) atoms. The molecule has 0 atom stereocenters. The van der Waals surface area contributed by atoms with Crippen LogP contribution in [0.3, 0.4) is 0 Å².